The Hall–Kier alpha value is -3.37. The summed E-state index contributed by atoms with van der Waals surface area (Å²) in [7, 11) is 1.62. The van der Waals surface area contributed by atoms with E-state index < -0.39 is 17.6 Å². The summed E-state index contributed by atoms with van der Waals surface area (Å²) in [6, 6.07) is 4.52. The minimum absolute atomic E-state index is 0.00120. The topological polar surface area (TPSA) is 84.3 Å². The van der Waals surface area contributed by atoms with Crippen molar-refractivity contribution in [2.24, 2.45) is 0 Å². The van der Waals surface area contributed by atoms with E-state index in [1.807, 2.05) is 0 Å². The Balaban J connectivity index is 1.55. The van der Waals surface area contributed by atoms with Crippen molar-refractivity contribution in [3.63, 3.8) is 0 Å². The average Bonchev–Trinajstić information content (AvgIpc) is 3.32. The number of aromatic nitrogens is 4. The van der Waals surface area contributed by atoms with Gasteiger partial charge in [-0.1, -0.05) is 11.6 Å². The number of ether oxygens (including phenoxy) is 1. The van der Waals surface area contributed by atoms with E-state index in [2.05, 4.69) is 20.5 Å². The van der Waals surface area contributed by atoms with Crippen LogP contribution in [0.15, 0.2) is 36.7 Å². The second kappa shape index (κ2) is 8.20. The average molecular weight is 476 g/mol. The van der Waals surface area contributed by atoms with Crippen molar-refractivity contribution in [1.29, 1.82) is 0 Å². The highest BCUT2D eigenvalue weighted by atomic mass is 35.5. The summed E-state index contributed by atoms with van der Waals surface area (Å²) in [5, 5.41) is 9.16. The lowest BCUT2D eigenvalue weighted by Crippen LogP contribution is -2.47. The van der Waals surface area contributed by atoms with Gasteiger partial charge in [0.1, 0.15) is 28.1 Å². The number of carbonyl (C=O) groups is 1. The third-order valence-electron chi connectivity index (χ3n) is 5.77. The van der Waals surface area contributed by atoms with Gasteiger partial charge in [0, 0.05) is 47.7 Å². The second-order valence-electron chi connectivity index (χ2n) is 7.80. The lowest BCUT2D eigenvalue weighted by atomic mass is 9.89. The molecule has 3 heterocycles. The summed E-state index contributed by atoms with van der Waals surface area (Å²) in [6.07, 6.45) is 4.18. The second-order valence-corrected chi connectivity index (χ2v) is 8.18. The number of benzene rings is 1. The molecule has 3 aromatic heterocycles. The van der Waals surface area contributed by atoms with Crippen molar-refractivity contribution in [2.75, 3.05) is 7.11 Å². The molecule has 1 fully saturated rings. The number of carbonyl (C=O) groups excluding carboxylic acids is 1. The van der Waals surface area contributed by atoms with E-state index in [9.17, 15) is 13.6 Å². The molecular formula is C22H17ClF3N5O2. The van der Waals surface area contributed by atoms with E-state index in [4.69, 9.17) is 16.3 Å². The van der Waals surface area contributed by atoms with Crippen LogP contribution < -0.4 is 5.32 Å². The molecule has 4 aromatic rings. The van der Waals surface area contributed by atoms with E-state index in [-0.39, 0.29) is 56.8 Å². The van der Waals surface area contributed by atoms with Gasteiger partial charge in [-0.25, -0.2) is 13.8 Å². The van der Waals surface area contributed by atoms with E-state index >= 15 is 4.39 Å². The molecule has 0 saturated heterocycles. The highest BCUT2D eigenvalue weighted by Gasteiger charge is 2.30. The molecule has 1 saturated carbocycles. The summed E-state index contributed by atoms with van der Waals surface area (Å²) >= 11 is 6.05. The van der Waals surface area contributed by atoms with Gasteiger partial charge < -0.3 is 10.1 Å². The first kappa shape index (κ1) is 21.5. The minimum atomic E-state index is -1.01. The summed E-state index contributed by atoms with van der Waals surface area (Å²) in [5.41, 5.74) is -0.0732. The number of aromatic amines is 1. The standard InChI is InChI=1S/C22H17ClF3N5O2/c1-33-13-7-12(8-13)28-22(32)10-2-3-31-17(4-10)29-19(21(31)26)18-14(5-11(24)6-16(18)25)15-9-27-30-20(15)23/h2-6,9,12-13H,7-8H2,1H3,(H,27,30)(H,28,32). The molecule has 0 radical (unpaired) electrons. The number of H-pyrrole nitrogens is 1. The molecule has 7 nitrogen and oxygen atoms in total. The Bertz CT molecular complexity index is 1380. The molecule has 5 rings (SSSR count). The number of halogens is 4. The molecule has 11 heteroatoms. The first-order valence-electron chi connectivity index (χ1n) is 10.1. The molecule has 0 aliphatic heterocycles. The van der Waals surface area contributed by atoms with Crippen LogP contribution in [0.3, 0.4) is 0 Å². The molecule has 1 aliphatic carbocycles. The molecule has 0 atom stereocenters. The Morgan fingerprint density at radius 3 is 2.73 bits per heavy atom. The van der Waals surface area contributed by atoms with Crippen LogP contribution in [0.1, 0.15) is 23.2 Å². The van der Waals surface area contributed by atoms with Crippen LogP contribution in [-0.4, -0.2) is 44.7 Å². The first-order valence-corrected chi connectivity index (χ1v) is 10.4. The van der Waals surface area contributed by atoms with Gasteiger partial charge in [-0.05, 0) is 31.0 Å². The molecule has 1 aliphatic rings. The van der Waals surface area contributed by atoms with Crippen LogP contribution in [0.4, 0.5) is 13.2 Å². The van der Waals surface area contributed by atoms with Crippen molar-refractivity contribution >= 4 is 23.2 Å². The number of hydrogen-bond acceptors (Lipinski definition) is 4. The molecule has 0 unspecified atom stereocenters. The van der Waals surface area contributed by atoms with Crippen LogP contribution in [0, 0.1) is 17.6 Å². The highest BCUT2D eigenvalue weighted by Crippen LogP contribution is 2.38. The van der Waals surface area contributed by atoms with Crippen LogP contribution in [0.5, 0.6) is 0 Å². The number of rotatable bonds is 5. The minimum Gasteiger partial charge on any atom is -0.381 e. The van der Waals surface area contributed by atoms with Crippen LogP contribution in [0.2, 0.25) is 5.15 Å². The van der Waals surface area contributed by atoms with Crippen LogP contribution >= 0.6 is 11.6 Å². The molecule has 33 heavy (non-hydrogen) atoms. The largest absolute Gasteiger partial charge is 0.381 e. The van der Waals surface area contributed by atoms with E-state index in [0.29, 0.717) is 6.07 Å². The molecule has 0 spiro atoms. The Morgan fingerprint density at radius 1 is 1.24 bits per heavy atom. The van der Waals surface area contributed by atoms with E-state index in [1.165, 1.54) is 24.5 Å². The Kier molecular flexibility index (Phi) is 5.34. The number of hydrogen-bond donors (Lipinski definition) is 2. The van der Waals surface area contributed by atoms with Crippen LogP contribution in [-0.2, 0) is 4.74 Å². The third-order valence-corrected chi connectivity index (χ3v) is 6.06. The number of nitrogens with zero attached hydrogens (tertiary/aromatic N) is 3. The van der Waals surface area contributed by atoms with Gasteiger partial charge in [-0.15, -0.1) is 0 Å². The number of fused-ring (bicyclic) bond motifs is 1. The number of pyridine rings is 1. The van der Waals surface area contributed by atoms with Gasteiger partial charge in [0.15, 0.2) is 0 Å². The zero-order valence-corrected chi connectivity index (χ0v) is 18.0. The van der Waals surface area contributed by atoms with Gasteiger partial charge in [-0.2, -0.15) is 9.49 Å². The predicted molar refractivity (Wildman–Crippen MR) is 114 cm³/mol. The lowest BCUT2D eigenvalue weighted by Gasteiger charge is -2.34. The zero-order chi connectivity index (χ0) is 23.3. The zero-order valence-electron chi connectivity index (χ0n) is 17.2. The molecule has 170 valence electrons. The van der Waals surface area contributed by atoms with Crippen molar-refractivity contribution in [3.8, 4) is 22.4 Å². The summed E-state index contributed by atoms with van der Waals surface area (Å²) in [5.74, 6) is -3.08. The van der Waals surface area contributed by atoms with Gasteiger partial charge in [0.05, 0.1) is 12.3 Å². The number of methoxy groups -OCH3 is 1. The normalized spacial score (nSPS) is 17.8. The lowest BCUT2D eigenvalue weighted by molar-refractivity contribution is 0.0176. The SMILES string of the molecule is COC1CC(NC(=O)c2ccn3c(F)c(-c4c(F)cc(F)cc4-c4cn[nH]c4Cl)nc3c2)C1. The van der Waals surface area contributed by atoms with Crippen molar-refractivity contribution in [1.82, 2.24) is 24.9 Å². The fourth-order valence-corrected chi connectivity index (χ4v) is 4.14. The van der Waals surface area contributed by atoms with Crippen molar-refractivity contribution in [3.05, 3.63) is 65.0 Å². The quantitative estimate of drug-likeness (QED) is 0.449. The summed E-state index contributed by atoms with van der Waals surface area (Å²) in [4.78, 5) is 16.8. The molecular weight excluding hydrogens is 459 g/mol. The number of nitrogens with one attached hydrogen (secondary N) is 2. The van der Waals surface area contributed by atoms with E-state index in [1.54, 1.807) is 7.11 Å². The molecule has 1 amide bonds. The van der Waals surface area contributed by atoms with Gasteiger partial charge >= 0.3 is 0 Å². The third kappa shape index (κ3) is 3.75. The number of imidazole rings is 1. The maximum absolute atomic E-state index is 15.3. The number of amides is 1. The maximum atomic E-state index is 15.3. The fourth-order valence-electron chi connectivity index (χ4n) is 3.94. The highest BCUT2D eigenvalue weighted by molar-refractivity contribution is 6.32. The van der Waals surface area contributed by atoms with Crippen molar-refractivity contribution in [2.45, 2.75) is 25.0 Å². The van der Waals surface area contributed by atoms with E-state index in [0.717, 1.165) is 23.3 Å². The molecule has 2 N–H and O–H groups in total. The predicted octanol–water partition coefficient (Wildman–Crippen LogP) is 4.37. The van der Waals surface area contributed by atoms with Gasteiger partial charge in [0.2, 0.25) is 5.95 Å². The monoisotopic (exact) mass is 475 g/mol. The molecule has 1 aromatic carbocycles. The van der Waals surface area contributed by atoms with Crippen LogP contribution in [0.25, 0.3) is 28.0 Å². The summed E-state index contributed by atoms with van der Waals surface area (Å²) in [6.45, 7) is 0. The maximum Gasteiger partial charge on any atom is 0.251 e. The van der Waals surface area contributed by atoms with Gasteiger partial charge in [-0.3, -0.25) is 14.3 Å². The smallest absolute Gasteiger partial charge is 0.251 e. The Morgan fingerprint density at radius 2 is 2.03 bits per heavy atom. The van der Waals surface area contributed by atoms with Crippen molar-refractivity contribution < 1.29 is 22.7 Å². The first-order chi connectivity index (χ1) is 15.9. The molecule has 0 bridgehead atoms. The fraction of sp³-hybridized carbons (Fsp3) is 0.227. The van der Waals surface area contributed by atoms with Gasteiger partial charge in [0.25, 0.3) is 5.91 Å². The summed E-state index contributed by atoms with van der Waals surface area (Å²) < 4.78 is 50.4. The Labute approximate surface area is 190 Å².